The quantitative estimate of drug-likeness (QED) is 0.516. The van der Waals surface area contributed by atoms with Crippen molar-refractivity contribution in [3.8, 4) is 11.4 Å². The molecule has 38 heavy (non-hydrogen) atoms. The van der Waals surface area contributed by atoms with Crippen LogP contribution in [-0.4, -0.2) is 68.2 Å². The number of fused-ring (bicyclic) bond motifs is 1. The first-order chi connectivity index (χ1) is 18.2. The van der Waals surface area contributed by atoms with Crippen LogP contribution >= 0.6 is 0 Å². The first-order valence-electron chi connectivity index (χ1n) is 13.4. The lowest BCUT2D eigenvalue weighted by Gasteiger charge is -2.37. The maximum atomic E-state index is 10.2. The molecule has 1 aliphatic carbocycles. The van der Waals surface area contributed by atoms with Crippen LogP contribution in [0.4, 0.5) is 5.82 Å². The minimum Gasteiger partial charge on any atom is -0.389 e. The smallest absolute Gasteiger partial charge is 0.165 e. The van der Waals surface area contributed by atoms with Gasteiger partial charge in [0.05, 0.1) is 48.7 Å². The molecule has 1 N–H and O–H groups in total. The van der Waals surface area contributed by atoms with Gasteiger partial charge >= 0.3 is 0 Å². The summed E-state index contributed by atoms with van der Waals surface area (Å²) in [7, 11) is 2.03. The zero-order valence-corrected chi connectivity index (χ0v) is 22.7. The average Bonchev–Trinajstić information content (AvgIpc) is 3.64. The third kappa shape index (κ3) is 4.86. The predicted molar refractivity (Wildman–Crippen MR) is 150 cm³/mol. The van der Waals surface area contributed by atoms with E-state index in [4.69, 9.17) is 14.7 Å². The summed E-state index contributed by atoms with van der Waals surface area (Å²) in [5.74, 6) is 2.25. The zero-order valence-electron chi connectivity index (χ0n) is 22.7. The van der Waals surface area contributed by atoms with Gasteiger partial charge in [0.2, 0.25) is 0 Å². The van der Waals surface area contributed by atoms with Crippen molar-refractivity contribution < 1.29 is 9.84 Å². The second kappa shape index (κ2) is 9.36. The first-order valence-corrected chi connectivity index (χ1v) is 13.4. The molecule has 0 radical (unpaired) electrons. The van der Waals surface area contributed by atoms with Gasteiger partial charge in [-0.15, -0.1) is 0 Å². The maximum absolute atomic E-state index is 10.2. The summed E-state index contributed by atoms with van der Waals surface area (Å²) in [5.41, 5.74) is 5.31. The van der Waals surface area contributed by atoms with Crippen LogP contribution < -0.4 is 4.90 Å². The highest BCUT2D eigenvalue weighted by Crippen LogP contribution is 2.40. The van der Waals surface area contributed by atoms with E-state index < -0.39 is 5.60 Å². The van der Waals surface area contributed by atoms with Crippen LogP contribution in [0.5, 0.6) is 0 Å². The van der Waals surface area contributed by atoms with Crippen LogP contribution in [-0.2, 0) is 11.3 Å². The highest BCUT2D eigenvalue weighted by molar-refractivity contribution is 5.94. The van der Waals surface area contributed by atoms with Crippen molar-refractivity contribution in [1.82, 2.24) is 24.6 Å². The molecule has 1 saturated heterocycles. The fourth-order valence-electron chi connectivity index (χ4n) is 5.44. The van der Waals surface area contributed by atoms with Crippen molar-refractivity contribution in [2.75, 3.05) is 31.7 Å². The van der Waals surface area contributed by atoms with Crippen molar-refractivity contribution in [3.05, 3.63) is 66.3 Å². The fourth-order valence-corrected chi connectivity index (χ4v) is 5.44. The summed E-state index contributed by atoms with van der Waals surface area (Å²) in [4.78, 5) is 14.7. The molecule has 4 heterocycles. The van der Waals surface area contributed by atoms with Crippen molar-refractivity contribution in [3.63, 3.8) is 0 Å². The highest BCUT2D eigenvalue weighted by atomic mass is 16.5. The molecule has 2 aliphatic heterocycles. The summed E-state index contributed by atoms with van der Waals surface area (Å²) in [6.07, 6.45) is 10.5. The lowest BCUT2D eigenvalue weighted by atomic mass is 9.98. The Labute approximate surface area is 223 Å². The number of likely N-dealkylation sites (N-methyl/N-ethyl adjacent to an activating group) is 1. The Bertz CT molecular complexity index is 1460. The number of ether oxygens (including phenoxy) is 1. The van der Waals surface area contributed by atoms with Gasteiger partial charge in [-0.25, -0.2) is 9.97 Å². The zero-order chi connectivity index (χ0) is 26.6. The molecule has 2 fully saturated rings. The number of hydrogen-bond donors (Lipinski definition) is 1. The van der Waals surface area contributed by atoms with Gasteiger partial charge < -0.3 is 19.6 Å². The summed E-state index contributed by atoms with van der Waals surface area (Å²) in [6.45, 7) is 12.4. The van der Waals surface area contributed by atoms with Crippen LogP contribution in [0, 0.1) is 5.92 Å². The third-order valence-electron chi connectivity index (χ3n) is 7.64. The van der Waals surface area contributed by atoms with Gasteiger partial charge in [0.15, 0.2) is 5.82 Å². The molecule has 3 aromatic rings. The molecule has 0 amide bonds. The van der Waals surface area contributed by atoms with Crippen LogP contribution in [0.25, 0.3) is 27.9 Å². The lowest BCUT2D eigenvalue weighted by molar-refractivity contribution is 0.0577. The van der Waals surface area contributed by atoms with Gasteiger partial charge in [-0.05, 0) is 74.4 Å². The van der Waals surface area contributed by atoms with Crippen molar-refractivity contribution in [1.29, 1.82) is 0 Å². The molecular weight excluding hydrogens is 476 g/mol. The van der Waals surface area contributed by atoms with E-state index in [0.29, 0.717) is 30.9 Å². The van der Waals surface area contributed by atoms with E-state index in [2.05, 4.69) is 58.9 Å². The Balaban J connectivity index is 1.47. The third-order valence-corrected chi connectivity index (χ3v) is 7.64. The molecule has 6 rings (SSSR count). The Hall–Kier alpha value is -3.49. The summed E-state index contributed by atoms with van der Waals surface area (Å²) >= 11 is 0. The number of aromatic nitrogens is 4. The number of morpholine rings is 1. The van der Waals surface area contributed by atoms with Crippen molar-refractivity contribution in [2.24, 2.45) is 5.92 Å². The van der Waals surface area contributed by atoms with Crippen LogP contribution in [0.3, 0.4) is 0 Å². The van der Waals surface area contributed by atoms with E-state index in [1.54, 1.807) is 24.7 Å². The molecule has 1 saturated carbocycles. The van der Waals surface area contributed by atoms with Gasteiger partial charge in [0.1, 0.15) is 5.82 Å². The number of benzene rings is 1. The molecule has 1 unspecified atom stereocenters. The van der Waals surface area contributed by atoms with E-state index in [1.807, 2.05) is 13.2 Å². The molecule has 1 aromatic carbocycles. The normalized spacial score (nSPS) is 20.7. The topological polar surface area (TPSA) is 79.5 Å². The monoisotopic (exact) mass is 512 g/mol. The van der Waals surface area contributed by atoms with Gasteiger partial charge in [-0.1, -0.05) is 12.6 Å². The van der Waals surface area contributed by atoms with Gasteiger partial charge in [-0.2, -0.15) is 5.10 Å². The van der Waals surface area contributed by atoms with Crippen LogP contribution in [0.2, 0.25) is 0 Å². The second-order valence-corrected chi connectivity index (χ2v) is 11.5. The van der Waals surface area contributed by atoms with E-state index in [-0.39, 0.29) is 0 Å². The lowest BCUT2D eigenvalue weighted by Crippen LogP contribution is -2.47. The standard InChI is InChI=1S/C30H36N6O2/c1-19-12-23(15-34(5)20(19)2)22-8-9-26-25(13-22)29(36-10-11-38-17-27(36)21-6-7-21)33-28(32-26)24-14-31-35(16-24)18-30(3,4)37/h8-9,12-16,21,27,37H,2,6-7,10-11,17-18H2,1,3-5H3. The molecule has 0 bridgehead atoms. The van der Waals surface area contributed by atoms with Crippen LogP contribution in [0.1, 0.15) is 39.2 Å². The average molecular weight is 513 g/mol. The van der Waals surface area contributed by atoms with E-state index in [1.165, 1.54) is 12.8 Å². The minimum atomic E-state index is -0.860. The largest absolute Gasteiger partial charge is 0.389 e. The Morgan fingerprint density at radius 1 is 1.18 bits per heavy atom. The number of hydrogen-bond acceptors (Lipinski definition) is 7. The number of anilines is 1. The molecule has 2 aromatic heterocycles. The summed E-state index contributed by atoms with van der Waals surface area (Å²) in [6, 6.07) is 6.78. The number of aliphatic hydroxyl groups is 1. The second-order valence-electron chi connectivity index (χ2n) is 11.5. The van der Waals surface area contributed by atoms with E-state index >= 15 is 0 Å². The predicted octanol–water partition coefficient (Wildman–Crippen LogP) is 4.63. The Morgan fingerprint density at radius 3 is 2.74 bits per heavy atom. The SMILES string of the molecule is C=C1C(C)=CC(c2ccc3nc(-c4cnn(CC(C)(C)O)c4)nc(N4CCOCC4C4CC4)c3c2)=CN1C. The van der Waals surface area contributed by atoms with E-state index in [9.17, 15) is 5.11 Å². The fraction of sp³-hybridized carbons (Fsp3) is 0.433. The summed E-state index contributed by atoms with van der Waals surface area (Å²) < 4.78 is 7.66. The van der Waals surface area contributed by atoms with Crippen LogP contribution in [0.15, 0.2) is 60.7 Å². The van der Waals surface area contributed by atoms with Gasteiger partial charge in [0, 0.05) is 37.1 Å². The first kappa shape index (κ1) is 24.8. The number of rotatable bonds is 6. The molecular formula is C30H36N6O2. The molecule has 8 heteroatoms. The summed E-state index contributed by atoms with van der Waals surface area (Å²) in [5, 5.41) is 15.8. The number of nitrogens with zero attached hydrogens (tertiary/aromatic N) is 6. The highest BCUT2D eigenvalue weighted by Gasteiger charge is 2.38. The number of allylic oxidation sites excluding steroid dienone is 3. The Morgan fingerprint density at radius 2 is 2.00 bits per heavy atom. The Kier molecular flexibility index (Phi) is 6.12. The minimum absolute atomic E-state index is 0.321. The molecule has 1 atom stereocenters. The maximum Gasteiger partial charge on any atom is 0.165 e. The molecule has 3 aliphatic rings. The van der Waals surface area contributed by atoms with Gasteiger partial charge in [-0.3, -0.25) is 4.68 Å². The van der Waals surface area contributed by atoms with Crippen molar-refractivity contribution in [2.45, 2.75) is 51.8 Å². The molecule has 8 nitrogen and oxygen atoms in total. The molecule has 0 spiro atoms. The van der Waals surface area contributed by atoms with E-state index in [0.717, 1.165) is 57.8 Å². The molecule has 198 valence electrons. The van der Waals surface area contributed by atoms with Crippen molar-refractivity contribution >= 4 is 22.3 Å². The van der Waals surface area contributed by atoms with Gasteiger partial charge in [0.25, 0.3) is 0 Å².